The molecule has 0 radical (unpaired) electrons. The molecule has 0 atom stereocenters. The molecule has 0 heterocycles. The SMILES string of the molecule is N#Cc1ccc(NC(=O)COc2ccc3ccccc3c2C=O)cc1. The lowest BCUT2D eigenvalue weighted by molar-refractivity contribution is -0.118. The Balaban J connectivity index is 1.70. The lowest BCUT2D eigenvalue weighted by Crippen LogP contribution is -2.20. The summed E-state index contributed by atoms with van der Waals surface area (Å²) in [4.78, 5) is 23.4. The molecule has 0 spiro atoms. The van der Waals surface area contributed by atoms with Gasteiger partial charge in [-0.05, 0) is 41.1 Å². The molecule has 1 N–H and O–H groups in total. The first-order chi connectivity index (χ1) is 12.2. The Bertz CT molecular complexity index is 972. The van der Waals surface area contributed by atoms with Crippen LogP contribution in [-0.2, 0) is 4.79 Å². The summed E-state index contributed by atoms with van der Waals surface area (Å²) < 4.78 is 5.52. The zero-order valence-corrected chi connectivity index (χ0v) is 13.2. The molecule has 3 rings (SSSR count). The number of fused-ring (bicyclic) bond motifs is 1. The van der Waals surface area contributed by atoms with Crippen LogP contribution in [0.15, 0.2) is 60.7 Å². The minimum Gasteiger partial charge on any atom is -0.483 e. The molecule has 0 saturated heterocycles. The van der Waals surface area contributed by atoms with Gasteiger partial charge >= 0.3 is 0 Å². The molecule has 0 bridgehead atoms. The highest BCUT2D eigenvalue weighted by Crippen LogP contribution is 2.26. The zero-order valence-electron chi connectivity index (χ0n) is 13.2. The second-order valence-electron chi connectivity index (χ2n) is 5.34. The van der Waals surface area contributed by atoms with E-state index >= 15 is 0 Å². The number of amides is 1. The topological polar surface area (TPSA) is 79.2 Å². The maximum atomic E-state index is 12.0. The quantitative estimate of drug-likeness (QED) is 0.726. The molecule has 0 unspecified atom stereocenters. The highest BCUT2D eigenvalue weighted by atomic mass is 16.5. The van der Waals surface area contributed by atoms with Crippen LogP contribution in [-0.4, -0.2) is 18.8 Å². The van der Waals surface area contributed by atoms with E-state index in [1.165, 1.54) is 0 Å². The summed E-state index contributed by atoms with van der Waals surface area (Å²) in [6.45, 7) is -0.223. The fourth-order valence-electron chi connectivity index (χ4n) is 2.49. The second-order valence-corrected chi connectivity index (χ2v) is 5.34. The summed E-state index contributed by atoms with van der Waals surface area (Å²) in [6, 6.07) is 19.5. The van der Waals surface area contributed by atoms with E-state index in [0.717, 1.165) is 17.1 Å². The third-order valence-electron chi connectivity index (χ3n) is 3.71. The lowest BCUT2D eigenvalue weighted by Gasteiger charge is -2.11. The first-order valence-electron chi connectivity index (χ1n) is 7.61. The molecule has 0 aliphatic rings. The van der Waals surface area contributed by atoms with E-state index in [0.29, 0.717) is 22.6 Å². The molecule has 5 heteroatoms. The average Bonchev–Trinajstić information content (AvgIpc) is 2.66. The Morgan fingerprint density at radius 3 is 2.56 bits per heavy atom. The maximum absolute atomic E-state index is 12.0. The summed E-state index contributed by atoms with van der Waals surface area (Å²) in [6.07, 6.45) is 0.732. The van der Waals surface area contributed by atoms with E-state index < -0.39 is 0 Å². The number of carbonyl (C=O) groups excluding carboxylic acids is 2. The van der Waals surface area contributed by atoms with Crippen molar-refractivity contribution in [2.75, 3.05) is 11.9 Å². The molecule has 0 aliphatic heterocycles. The first kappa shape index (κ1) is 16.2. The Morgan fingerprint density at radius 2 is 1.84 bits per heavy atom. The monoisotopic (exact) mass is 330 g/mol. The van der Waals surface area contributed by atoms with Gasteiger partial charge in [-0.3, -0.25) is 9.59 Å². The van der Waals surface area contributed by atoms with Crippen molar-refractivity contribution in [3.8, 4) is 11.8 Å². The van der Waals surface area contributed by atoms with Crippen molar-refractivity contribution in [1.82, 2.24) is 0 Å². The Hall–Kier alpha value is -3.65. The number of nitriles is 1. The van der Waals surface area contributed by atoms with Crippen molar-refractivity contribution in [3.63, 3.8) is 0 Å². The van der Waals surface area contributed by atoms with Crippen LogP contribution in [0.5, 0.6) is 5.75 Å². The molecule has 25 heavy (non-hydrogen) atoms. The van der Waals surface area contributed by atoms with Gasteiger partial charge in [0.25, 0.3) is 5.91 Å². The molecule has 1 amide bonds. The van der Waals surface area contributed by atoms with Crippen LogP contribution >= 0.6 is 0 Å². The number of carbonyl (C=O) groups is 2. The average molecular weight is 330 g/mol. The minimum absolute atomic E-state index is 0.223. The molecule has 0 saturated carbocycles. The van der Waals surface area contributed by atoms with Crippen LogP contribution in [0, 0.1) is 11.3 Å². The van der Waals surface area contributed by atoms with Gasteiger partial charge in [0.2, 0.25) is 0 Å². The van der Waals surface area contributed by atoms with Gasteiger partial charge in [0.05, 0.1) is 17.2 Å². The molecule has 5 nitrogen and oxygen atoms in total. The number of anilines is 1. The van der Waals surface area contributed by atoms with Crippen LogP contribution in [0.1, 0.15) is 15.9 Å². The molecule has 0 fully saturated rings. The van der Waals surface area contributed by atoms with Gasteiger partial charge in [0, 0.05) is 5.69 Å². The van der Waals surface area contributed by atoms with Crippen LogP contribution in [0.2, 0.25) is 0 Å². The smallest absolute Gasteiger partial charge is 0.262 e. The number of nitrogens with one attached hydrogen (secondary N) is 1. The number of rotatable bonds is 5. The predicted molar refractivity (Wildman–Crippen MR) is 94.6 cm³/mol. The van der Waals surface area contributed by atoms with Crippen molar-refractivity contribution in [2.24, 2.45) is 0 Å². The minimum atomic E-state index is -0.352. The van der Waals surface area contributed by atoms with Crippen LogP contribution in [0.3, 0.4) is 0 Å². The van der Waals surface area contributed by atoms with Crippen LogP contribution < -0.4 is 10.1 Å². The molecule has 122 valence electrons. The van der Waals surface area contributed by atoms with E-state index in [2.05, 4.69) is 5.32 Å². The summed E-state index contributed by atoms with van der Waals surface area (Å²) in [7, 11) is 0. The van der Waals surface area contributed by atoms with E-state index in [1.807, 2.05) is 36.4 Å². The number of nitrogens with zero attached hydrogens (tertiary/aromatic N) is 1. The zero-order chi connectivity index (χ0) is 17.6. The summed E-state index contributed by atoms with van der Waals surface area (Å²) in [5, 5.41) is 13.1. The van der Waals surface area contributed by atoms with E-state index in [-0.39, 0.29) is 12.5 Å². The highest BCUT2D eigenvalue weighted by Gasteiger charge is 2.10. The number of ether oxygens (including phenoxy) is 1. The summed E-state index contributed by atoms with van der Waals surface area (Å²) in [5.74, 6) is 0.0124. The van der Waals surface area contributed by atoms with Crippen molar-refractivity contribution in [1.29, 1.82) is 5.26 Å². The highest BCUT2D eigenvalue weighted by molar-refractivity contribution is 6.01. The fraction of sp³-hybridized carbons (Fsp3) is 0.0500. The predicted octanol–water partition coefficient (Wildman–Crippen LogP) is 3.54. The number of hydrogen-bond donors (Lipinski definition) is 1. The first-order valence-corrected chi connectivity index (χ1v) is 7.61. The Morgan fingerprint density at radius 1 is 1.08 bits per heavy atom. The van der Waals surface area contributed by atoms with E-state index in [4.69, 9.17) is 10.00 Å². The van der Waals surface area contributed by atoms with Gasteiger partial charge in [-0.2, -0.15) is 5.26 Å². The number of benzene rings is 3. The molecule has 3 aromatic rings. The molecule has 0 aromatic heterocycles. The number of aldehydes is 1. The molecule has 3 aromatic carbocycles. The van der Waals surface area contributed by atoms with Gasteiger partial charge in [0.1, 0.15) is 5.75 Å². The van der Waals surface area contributed by atoms with Crippen molar-refractivity contribution in [2.45, 2.75) is 0 Å². The van der Waals surface area contributed by atoms with Gasteiger partial charge < -0.3 is 10.1 Å². The van der Waals surface area contributed by atoms with Crippen LogP contribution in [0.25, 0.3) is 10.8 Å². The maximum Gasteiger partial charge on any atom is 0.262 e. The fourth-order valence-corrected chi connectivity index (χ4v) is 2.49. The van der Waals surface area contributed by atoms with Gasteiger partial charge in [-0.15, -0.1) is 0 Å². The third-order valence-corrected chi connectivity index (χ3v) is 3.71. The normalized spacial score (nSPS) is 10.0. The van der Waals surface area contributed by atoms with Crippen molar-refractivity contribution < 1.29 is 14.3 Å². The molecular formula is C20H14N2O3. The third kappa shape index (κ3) is 3.65. The van der Waals surface area contributed by atoms with E-state index in [1.54, 1.807) is 30.3 Å². The lowest BCUT2D eigenvalue weighted by atomic mass is 10.0. The Labute approximate surface area is 144 Å². The Kier molecular flexibility index (Phi) is 4.72. The van der Waals surface area contributed by atoms with Gasteiger partial charge in [0.15, 0.2) is 12.9 Å². The van der Waals surface area contributed by atoms with Crippen LogP contribution in [0.4, 0.5) is 5.69 Å². The van der Waals surface area contributed by atoms with E-state index in [9.17, 15) is 9.59 Å². The standard InChI is InChI=1S/C20H14N2O3/c21-11-14-5-8-16(9-6-14)22-20(24)13-25-19-10-7-15-3-1-2-4-17(15)18(19)12-23/h1-10,12H,13H2,(H,22,24). The summed E-state index contributed by atoms with van der Waals surface area (Å²) >= 11 is 0. The second kappa shape index (κ2) is 7.28. The summed E-state index contributed by atoms with van der Waals surface area (Å²) in [5.41, 5.74) is 1.51. The van der Waals surface area contributed by atoms with Crippen molar-refractivity contribution >= 4 is 28.7 Å². The number of hydrogen-bond acceptors (Lipinski definition) is 4. The van der Waals surface area contributed by atoms with Gasteiger partial charge in [-0.25, -0.2) is 0 Å². The van der Waals surface area contributed by atoms with Gasteiger partial charge in [-0.1, -0.05) is 30.3 Å². The van der Waals surface area contributed by atoms with Crippen molar-refractivity contribution in [3.05, 3.63) is 71.8 Å². The largest absolute Gasteiger partial charge is 0.483 e. The molecular weight excluding hydrogens is 316 g/mol. The molecule has 0 aliphatic carbocycles.